The van der Waals surface area contributed by atoms with Gasteiger partial charge in [-0.15, -0.1) is 0 Å². The Labute approximate surface area is 168 Å². The summed E-state index contributed by atoms with van der Waals surface area (Å²) in [4.78, 5) is 11.1. The SMILES string of the molecule is NCC1CCC(CN(Cc2ccccc2Br)c2ncc(Cl)c(N)n2)CC1. The van der Waals surface area contributed by atoms with Crippen LogP contribution in [-0.2, 0) is 6.54 Å². The van der Waals surface area contributed by atoms with Crippen molar-refractivity contribution in [2.24, 2.45) is 17.6 Å². The summed E-state index contributed by atoms with van der Waals surface area (Å²) >= 11 is 9.65. The van der Waals surface area contributed by atoms with E-state index in [1.165, 1.54) is 31.2 Å². The van der Waals surface area contributed by atoms with Gasteiger partial charge in [-0.2, -0.15) is 4.98 Å². The molecular weight excluding hydrogens is 414 g/mol. The lowest BCUT2D eigenvalue weighted by atomic mass is 9.82. The first-order chi connectivity index (χ1) is 12.6. The van der Waals surface area contributed by atoms with E-state index in [1.807, 2.05) is 12.1 Å². The second kappa shape index (κ2) is 9.02. The van der Waals surface area contributed by atoms with E-state index in [9.17, 15) is 0 Å². The van der Waals surface area contributed by atoms with Crippen LogP contribution < -0.4 is 16.4 Å². The number of benzene rings is 1. The highest BCUT2D eigenvalue weighted by molar-refractivity contribution is 9.10. The predicted octanol–water partition coefficient (Wildman–Crippen LogP) is 4.25. The van der Waals surface area contributed by atoms with Gasteiger partial charge in [-0.3, -0.25) is 0 Å². The third-order valence-corrected chi connectivity index (χ3v) is 6.20. The van der Waals surface area contributed by atoms with Crippen molar-refractivity contribution in [3.05, 3.63) is 45.5 Å². The Kier molecular flexibility index (Phi) is 6.73. The van der Waals surface area contributed by atoms with Crippen molar-refractivity contribution >= 4 is 39.3 Å². The monoisotopic (exact) mass is 437 g/mol. The van der Waals surface area contributed by atoms with Crippen molar-refractivity contribution in [1.82, 2.24) is 9.97 Å². The van der Waals surface area contributed by atoms with Crippen LogP contribution in [0.3, 0.4) is 0 Å². The molecule has 3 rings (SSSR count). The Morgan fingerprint density at radius 3 is 2.50 bits per heavy atom. The van der Waals surface area contributed by atoms with E-state index in [-0.39, 0.29) is 0 Å². The van der Waals surface area contributed by atoms with Crippen LogP contribution in [0.15, 0.2) is 34.9 Å². The van der Waals surface area contributed by atoms with Gasteiger partial charge in [0.1, 0.15) is 10.8 Å². The fourth-order valence-electron chi connectivity index (χ4n) is 3.53. The van der Waals surface area contributed by atoms with Crippen LogP contribution in [0.2, 0.25) is 5.02 Å². The quantitative estimate of drug-likeness (QED) is 0.705. The minimum Gasteiger partial charge on any atom is -0.382 e. The average Bonchev–Trinajstić information content (AvgIpc) is 2.66. The zero-order valence-electron chi connectivity index (χ0n) is 14.7. The van der Waals surface area contributed by atoms with Gasteiger partial charge in [-0.1, -0.05) is 45.7 Å². The van der Waals surface area contributed by atoms with E-state index in [4.69, 9.17) is 23.1 Å². The van der Waals surface area contributed by atoms with Crippen molar-refractivity contribution in [2.45, 2.75) is 32.2 Å². The summed E-state index contributed by atoms with van der Waals surface area (Å²) in [6, 6.07) is 8.23. The number of anilines is 2. The Morgan fingerprint density at radius 2 is 1.85 bits per heavy atom. The smallest absolute Gasteiger partial charge is 0.227 e. The Hall–Kier alpha value is -1.37. The number of hydrogen-bond acceptors (Lipinski definition) is 5. The molecule has 0 spiro atoms. The first-order valence-electron chi connectivity index (χ1n) is 9.03. The van der Waals surface area contributed by atoms with Gasteiger partial charge in [0.2, 0.25) is 5.95 Å². The topological polar surface area (TPSA) is 81.1 Å². The molecular formula is C19H25BrClN5. The molecule has 4 N–H and O–H groups in total. The lowest BCUT2D eigenvalue weighted by Crippen LogP contribution is -2.33. The van der Waals surface area contributed by atoms with Crippen LogP contribution >= 0.6 is 27.5 Å². The van der Waals surface area contributed by atoms with Gasteiger partial charge in [0.05, 0.1) is 6.20 Å². The molecule has 1 aliphatic rings. The van der Waals surface area contributed by atoms with Crippen molar-refractivity contribution < 1.29 is 0 Å². The lowest BCUT2D eigenvalue weighted by molar-refractivity contribution is 0.280. The van der Waals surface area contributed by atoms with Crippen molar-refractivity contribution in [2.75, 3.05) is 23.7 Å². The molecule has 0 radical (unpaired) electrons. The third kappa shape index (κ3) is 4.87. The number of hydrogen-bond donors (Lipinski definition) is 2. The number of nitrogens with zero attached hydrogens (tertiary/aromatic N) is 3. The highest BCUT2D eigenvalue weighted by Gasteiger charge is 2.24. The van der Waals surface area contributed by atoms with Gasteiger partial charge >= 0.3 is 0 Å². The highest BCUT2D eigenvalue weighted by atomic mass is 79.9. The van der Waals surface area contributed by atoms with Gasteiger partial charge in [-0.25, -0.2) is 4.98 Å². The number of halogens is 2. The summed E-state index contributed by atoms with van der Waals surface area (Å²) in [5, 5.41) is 0.387. The molecule has 26 heavy (non-hydrogen) atoms. The minimum absolute atomic E-state index is 0.320. The molecule has 1 heterocycles. The average molecular weight is 439 g/mol. The molecule has 2 aromatic rings. The van der Waals surface area contributed by atoms with Crippen LogP contribution in [0.25, 0.3) is 0 Å². The van der Waals surface area contributed by atoms with Gasteiger partial charge < -0.3 is 16.4 Å². The molecule has 5 nitrogen and oxygen atoms in total. The summed E-state index contributed by atoms with van der Waals surface area (Å²) < 4.78 is 1.08. The Morgan fingerprint density at radius 1 is 1.15 bits per heavy atom. The molecule has 7 heteroatoms. The first kappa shape index (κ1) is 19.4. The number of aromatic nitrogens is 2. The van der Waals surface area contributed by atoms with Crippen molar-refractivity contribution in [1.29, 1.82) is 0 Å². The molecule has 1 saturated carbocycles. The fraction of sp³-hybridized carbons (Fsp3) is 0.474. The first-order valence-corrected chi connectivity index (χ1v) is 10.2. The molecule has 1 aromatic heterocycles. The van der Waals surface area contributed by atoms with Crippen LogP contribution in [0, 0.1) is 11.8 Å². The van der Waals surface area contributed by atoms with E-state index in [1.54, 1.807) is 6.20 Å². The van der Waals surface area contributed by atoms with Gasteiger partial charge in [-0.05, 0) is 55.7 Å². The van der Waals surface area contributed by atoms with Gasteiger partial charge in [0.15, 0.2) is 0 Å². The fourth-order valence-corrected chi connectivity index (χ4v) is 4.03. The molecule has 0 bridgehead atoms. The van der Waals surface area contributed by atoms with Gasteiger partial charge in [0.25, 0.3) is 0 Å². The molecule has 1 aromatic carbocycles. The molecule has 0 amide bonds. The van der Waals surface area contributed by atoms with Gasteiger partial charge in [0, 0.05) is 17.6 Å². The maximum absolute atomic E-state index is 6.01. The largest absolute Gasteiger partial charge is 0.382 e. The minimum atomic E-state index is 0.320. The van der Waals surface area contributed by atoms with E-state index < -0.39 is 0 Å². The van der Waals surface area contributed by atoms with Crippen LogP contribution in [-0.4, -0.2) is 23.1 Å². The molecule has 1 aliphatic carbocycles. The van der Waals surface area contributed by atoms with Crippen LogP contribution in [0.4, 0.5) is 11.8 Å². The van der Waals surface area contributed by atoms with Crippen molar-refractivity contribution in [3.63, 3.8) is 0 Å². The van der Waals surface area contributed by atoms with E-state index in [0.717, 1.165) is 24.1 Å². The lowest BCUT2D eigenvalue weighted by Gasteiger charge is -2.32. The standard InChI is InChI=1S/C19H25BrClN5/c20-16-4-2-1-3-15(16)12-26(19-24-10-17(21)18(23)25-19)11-14-7-5-13(9-22)6-8-14/h1-4,10,13-14H,5-9,11-12,22H2,(H2,23,24,25). The molecule has 0 saturated heterocycles. The summed E-state index contributed by atoms with van der Waals surface area (Å²) in [7, 11) is 0. The molecule has 1 fully saturated rings. The van der Waals surface area contributed by atoms with E-state index >= 15 is 0 Å². The second-order valence-corrected chi connectivity index (χ2v) is 8.26. The van der Waals surface area contributed by atoms with Crippen LogP contribution in [0.5, 0.6) is 0 Å². The normalized spacial score (nSPS) is 20.1. The number of nitrogen functional groups attached to an aromatic ring is 1. The maximum Gasteiger partial charge on any atom is 0.227 e. The highest BCUT2D eigenvalue weighted by Crippen LogP contribution is 2.31. The maximum atomic E-state index is 6.01. The predicted molar refractivity (Wildman–Crippen MR) is 111 cm³/mol. The molecule has 0 unspecified atom stereocenters. The summed E-state index contributed by atoms with van der Waals surface area (Å²) in [6.45, 7) is 2.42. The number of rotatable bonds is 6. The molecule has 0 atom stereocenters. The Bertz CT molecular complexity index is 734. The van der Waals surface area contributed by atoms with E-state index in [0.29, 0.717) is 28.6 Å². The second-order valence-electron chi connectivity index (χ2n) is 7.00. The zero-order valence-corrected chi connectivity index (χ0v) is 17.1. The summed E-state index contributed by atoms with van der Waals surface area (Å²) in [5.74, 6) is 2.23. The Balaban J connectivity index is 1.79. The summed E-state index contributed by atoms with van der Waals surface area (Å²) in [5.41, 5.74) is 12.9. The zero-order chi connectivity index (χ0) is 18.5. The van der Waals surface area contributed by atoms with Crippen molar-refractivity contribution in [3.8, 4) is 0 Å². The van der Waals surface area contributed by atoms with Crippen LogP contribution in [0.1, 0.15) is 31.2 Å². The van der Waals surface area contributed by atoms with E-state index in [2.05, 4.69) is 42.9 Å². The summed E-state index contributed by atoms with van der Waals surface area (Å²) in [6.07, 6.45) is 6.37. The molecule has 140 valence electrons. The number of nitrogens with two attached hydrogens (primary N) is 2. The molecule has 0 aliphatic heterocycles. The third-order valence-electron chi connectivity index (χ3n) is 5.14.